The van der Waals surface area contributed by atoms with Gasteiger partial charge in [-0.3, -0.25) is 9.69 Å². The van der Waals surface area contributed by atoms with Gasteiger partial charge in [-0.15, -0.1) is 23.7 Å². The Balaban J connectivity index is 0.00000261. The SMILES string of the molecule is CCN(CC)CCN(C(=O)c1ccc(Cl)s1)c1nc2ccc(F)cc2s1.Cl. The summed E-state index contributed by atoms with van der Waals surface area (Å²) in [5, 5.41) is 0.576. The van der Waals surface area contributed by atoms with Crippen molar-refractivity contribution in [2.24, 2.45) is 0 Å². The zero-order valence-corrected chi connectivity index (χ0v) is 18.2. The lowest BCUT2D eigenvalue weighted by Crippen LogP contribution is -2.38. The van der Waals surface area contributed by atoms with Crippen LogP contribution in [0.4, 0.5) is 9.52 Å². The molecule has 0 fully saturated rings. The number of fused-ring (bicyclic) bond motifs is 1. The van der Waals surface area contributed by atoms with Crippen molar-refractivity contribution in [2.45, 2.75) is 13.8 Å². The molecule has 0 spiro atoms. The van der Waals surface area contributed by atoms with E-state index in [1.807, 2.05) is 0 Å². The van der Waals surface area contributed by atoms with Crippen molar-refractivity contribution in [3.63, 3.8) is 0 Å². The molecule has 1 amide bonds. The lowest BCUT2D eigenvalue weighted by molar-refractivity contribution is 0.0987. The Morgan fingerprint density at radius 2 is 1.89 bits per heavy atom. The van der Waals surface area contributed by atoms with E-state index in [2.05, 4.69) is 23.7 Å². The van der Waals surface area contributed by atoms with Crippen LogP contribution in [0.25, 0.3) is 10.2 Å². The van der Waals surface area contributed by atoms with Crippen molar-refractivity contribution < 1.29 is 9.18 Å². The van der Waals surface area contributed by atoms with Gasteiger partial charge in [-0.2, -0.15) is 0 Å². The van der Waals surface area contributed by atoms with E-state index in [1.54, 1.807) is 23.1 Å². The highest BCUT2D eigenvalue weighted by atomic mass is 35.5. The predicted octanol–water partition coefficient (Wildman–Crippen LogP) is 5.56. The number of carbonyl (C=O) groups excluding carboxylic acids is 1. The molecule has 9 heteroatoms. The summed E-state index contributed by atoms with van der Waals surface area (Å²) in [6.45, 7) is 7.26. The van der Waals surface area contributed by atoms with Crippen LogP contribution < -0.4 is 4.90 Å². The lowest BCUT2D eigenvalue weighted by atomic mass is 10.3. The van der Waals surface area contributed by atoms with Crippen LogP contribution in [0.1, 0.15) is 23.5 Å². The largest absolute Gasteiger partial charge is 0.302 e. The molecule has 3 aromatic rings. The first-order valence-electron chi connectivity index (χ1n) is 8.37. The molecule has 0 unspecified atom stereocenters. The maximum absolute atomic E-state index is 13.5. The van der Waals surface area contributed by atoms with Crippen LogP contribution in [0.15, 0.2) is 30.3 Å². The van der Waals surface area contributed by atoms with Crippen molar-refractivity contribution in [3.05, 3.63) is 45.4 Å². The van der Waals surface area contributed by atoms with Gasteiger partial charge in [-0.25, -0.2) is 9.37 Å². The summed E-state index contributed by atoms with van der Waals surface area (Å²) >= 11 is 8.57. The minimum atomic E-state index is -0.307. The van der Waals surface area contributed by atoms with Gasteiger partial charge in [0.2, 0.25) is 0 Å². The molecular weight excluding hydrogens is 428 g/mol. The van der Waals surface area contributed by atoms with Crippen LogP contribution in [0, 0.1) is 5.82 Å². The maximum atomic E-state index is 13.5. The molecule has 2 heterocycles. The van der Waals surface area contributed by atoms with Gasteiger partial charge in [0.15, 0.2) is 5.13 Å². The number of hydrogen-bond acceptors (Lipinski definition) is 5. The van der Waals surface area contributed by atoms with Crippen LogP contribution in [-0.4, -0.2) is 42.0 Å². The van der Waals surface area contributed by atoms with Crippen LogP contribution in [0.2, 0.25) is 4.34 Å². The van der Waals surface area contributed by atoms with E-state index in [4.69, 9.17) is 11.6 Å². The van der Waals surface area contributed by atoms with Crippen LogP contribution in [0.3, 0.4) is 0 Å². The van der Waals surface area contributed by atoms with Gasteiger partial charge in [0.1, 0.15) is 5.82 Å². The van der Waals surface area contributed by atoms with Gasteiger partial charge >= 0.3 is 0 Å². The van der Waals surface area contributed by atoms with Gasteiger partial charge < -0.3 is 4.90 Å². The Kier molecular flexibility index (Phi) is 8.00. The molecule has 27 heavy (non-hydrogen) atoms. The molecule has 3 rings (SSSR count). The van der Waals surface area contributed by atoms with Gasteiger partial charge in [-0.05, 0) is 43.4 Å². The summed E-state index contributed by atoms with van der Waals surface area (Å²) < 4.78 is 14.8. The van der Waals surface area contributed by atoms with E-state index >= 15 is 0 Å². The average Bonchev–Trinajstić information content (AvgIpc) is 3.24. The Labute approximate surface area is 177 Å². The number of thiophene rings is 1. The predicted molar refractivity (Wildman–Crippen MR) is 116 cm³/mol. The summed E-state index contributed by atoms with van der Waals surface area (Å²) in [5.41, 5.74) is 0.691. The van der Waals surface area contributed by atoms with Crippen molar-refractivity contribution in [1.29, 1.82) is 0 Å². The van der Waals surface area contributed by atoms with Crippen LogP contribution in [0.5, 0.6) is 0 Å². The number of rotatable bonds is 7. The second-order valence-electron chi connectivity index (χ2n) is 5.70. The third-order valence-corrected chi connectivity index (χ3v) is 6.39. The van der Waals surface area contributed by atoms with E-state index in [0.29, 0.717) is 26.4 Å². The molecule has 0 saturated heterocycles. The molecule has 0 radical (unpaired) electrons. The molecule has 2 aromatic heterocycles. The van der Waals surface area contributed by atoms with E-state index in [9.17, 15) is 9.18 Å². The van der Waals surface area contributed by atoms with E-state index in [0.717, 1.165) is 24.3 Å². The number of amides is 1. The quantitative estimate of drug-likeness (QED) is 0.475. The van der Waals surface area contributed by atoms with Crippen molar-refractivity contribution >= 4 is 67.9 Å². The minimum Gasteiger partial charge on any atom is -0.302 e. The number of likely N-dealkylation sites (N-methyl/N-ethyl adjacent to an activating group) is 1. The minimum absolute atomic E-state index is 0. The Hall–Kier alpha value is -1.25. The fourth-order valence-electron chi connectivity index (χ4n) is 2.63. The number of carbonyl (C=O) groups is 1. The highest BCUT2D eigenvalue weighted by Gasteiger charge is 2.23. The highest BCUT2D eigenvalue weighted by Crippen LogP contribution is 2.31. The molecule has 0 atom stereocenters. The summed E-state index contributed by atoms with van der Waals surface area (Å²) in [5.74, 6) is -0.438. The molecule has 146 valence electrons. The lowest BCUT2D eigenvalue weighted by Gasteiger charge is -2.24. The fraction of sp³-hybridized carbons (Fsp3) is 0.333. The van der Waals surface area contributed by atoms with Crippen LogP contribution in [-0.2, 0) is 0 Å². The number of thiazole rings is 1. The van der Waals surface area contributed by atoms with Crippen LogP contribution >= 0.6 is 46.7 Å². The van der Waals surface area contributed by atoms with Crippen molar-refractivity contribution in [3.8, 4) is 0 Å². The monoisotopic (exact) mass is 447 g/mol. The standard InChI is InChI=1S/C18H19ClFN3OS2.ClH/c1-3-22(4-2)9-10-23(17(24)14-7-8-16(19)25-14)18-21-13-6-5-12(20)11-15(13)26-18;/h5-8,11H,3-4,9-10H2,1-2H3;1H. The number of nitrogens with zero attached hydrogens (tertiary/aromatic N) is 3. The topological polar surface area (TPSA) is 36.4 Å². The second kappa shape index (κ2) is 9.80. The molecule has 0 aliphatic heterocycles. The molecule has 0 aliphatic rings. The van der Waals surface area contributed by atoms with E-state index in [1.165, 1.54) is 34.8 Å². The molecule has 0 N–H and O–H groups in total. The highest BCUT2D eigenvalue weighted by molar-refractivity contribution is 7.22. The molecule has 4 nitrogen and oxygen atoms in total. The molecule has 1 aromatic carbocycles. The second-order valence-corrected chi connectivity index (χ2v) is 8.42. The van der Waals surface area contributed by atoms with Gasteiger partial charge in [-0.1, -0.05) is 36.8 Å². The number of hydrogen-bond donors (Lipinski definition) is 0. The molecular formula is C18H20Cl2FN3OS2. The van der Waals surface area contributed by atoms with Gasteiger partial charge in [0.25, 0.3) is 5.91 Å². The Bertz CT molecular complexity index is 911. The smallest absolute Gasteiger partial charge is 0.270 e. The third kappa shape index (κ3) is 5.18. The number of aromatic nitrogens is 1. The normalized spacial score (nSPS) is 11.0. The number of benzene rings is 1. The summed E-state index contributed by atoms with van der Waals surface area (Å²) in [4.78, 5) is 22.1. The fourth-order valence-corrected chi connectivity index (χ4v) is 4.64. The molecule has 0 saturated carbocycles. The Morgan fingerprint density at radius 1 is 1.15 bits per heavy atom. The summed E-state index contributed by atoms with van der Waals surface area (Å²) in [7, 11) is 0. The maximum Gasteiger partial charge on any atom is 0.270 e. The third-order valence-electron chi connectivity index (χ3n) is 4.13. The summed E-state index contributed by atoms with van der Waals surface area (Å²) in [6.07, 6.45) is 0. The molecule has 0 bridgehead atoms. The van der Waals surface area contributed by atoms with Crippen molar-refractivity contribution in [1.82, 2.24) is 9.88 Å². The zero-order chi connectivity index (χ0) is 18.7. The first-order valence-corrected chi connectivity index (χ1v) is 10.4. The van der Waals surface area contributed by atoms with E-state index in [-0.39, 0.29) is 24.1 Å². The average molecular weight is 448 g/mol. The Morgan fingerprint density at radius 3 is 2.52 bits per heavy atom. The first-order chi connectivity index (χ1) is 12.5. The molecule has 0 aliphatic carbocycles. The van der Waals surface area contributed by atoms with E-state index < -0.39 is 0 Å². The van der Waals surface area contributed by atoms with Gasteiger partial charge in [0, 0.05) is 13.1 Å². The zero-order valence-electron chi connectivity index (χ0n) is 14.9. The number of anilines is 1. The number of halogens is 3. The summed E-state index contributed by atoms with van der Waals surface area (Å²) in [6, 6.07) is 7.92. The first kappa shape index (κ1) is 22.0. The van der Waals surface area contributed by atoms with Gasteiger partial charge in [0.05, 0.1) is 19.4 Å². The van der Waals surface area contributed by atoms with Crippen molar-refractivity contribution in [2.75, 3.05) is 31.1 Å².